The van der Waals surface area contributed by atoms with E-state index in [1.807, 2.05) is 44.2 Å². The van der Waals surface area contributed by atoms with Gasteiger partial charge in [-0.1, -0.05) is 29.8 Å². The highest BCUT2D eigenvalue weighted by Gasteiger charge is 2.27. The molecule has 0 fully saturated rings. The van der Waals surface area contributed by atoms with Crippen molar-refractivity contribution in [1.29, 1.82) is 0 Å². The second kappa shape index (κ2) is 6.96. The molecule has 0 spiro atoms. The van der Waals surface area contributed by atoms with Crippen LogP contribution in [-0.2, 0) is 4.79 Å². The number of aromatic amines is 1. The first-order valence-corrected chi connectivity index (χ1v) is 8.91. The van der Waals surface area contributed by atoms with Gasteiger partial charge in [-0.2, -0.15) is 5.10 Å². The third-order valence-corrected chi connectivity index (χ3v) is 4.75. The highest BCUT2D eigenvalue weighted by molar-refractivity contribution is 6.33. The lowest BCUT2D eigenvalue weighted by Gasteiger charge is -2.25. The average Bonchev–Trinajstić information content (AvgIpc) is 3.00. The molecule has 138 valence electrons. The molecular weight excluding hydrogens is 366 g/mol. The van der Waals surface area contributed by atoms with E-state index in [2.05, 4.69) is 15.5 Å². The number of nitrogens with zero attached hydrogens (tertiary/aromatic N) is 1. The number of aryl methyl sites for hydroxylation is 2. The van der Waals surface area contributed by atoms with Gasteiger partial charge in [0.25, 0.3) is 5.91 Å². The maximum atomic E-state index is 12.5. The molecule has 0 unspecified atom stereocenters. The minimum Gasteiger partial charge on any atom is -0.485 e. The smallest absolute Gasteiger partial charge is 0.269 e. The first-order valence-electron chi connectivity index (χ1n) is 8.54. The summed E-state index contributed by atoms with van der Waals surface area (Å²) in [7, 11) is 0. The number of fused-ring (bicyclic) bond motifs is 1. The predicted molar refractivity (Wildman–Crippen MR) is 103 cm³/mol. The van der Waals surface area contributed by atoms with Gasteiger partial charge in [-0.05, 0) is 38.1 Å². The Morgan fingerprint density at radius 2 is 2.00 bits per heavy atom. The molecule has 1 aromatic heterocycles. The number of amides is 1. The zero-order valence-corrected chi connectivity index (χ0v) is 15.6. The molecule has 27 heavy (non-hydrogen) atoms. The summed E-state index contributed by atoms with van der Waals surface area (Å²) in [6.07, 6.45) is -0.725. The number of anilines is 1. The lowest BCUT2D eigenvalue weighted by atomic mass is 10.0. The quantitative estimate of drug-likeness (QED) is 0.713. The van der Waals surface area contributed by atoms with E-state index in [-0.39, 0.29) is 12.5 Å². The molecule has 0 saturated carbocycles. The lowest BCUT2D eigenvalue weighted by molar-refractivity contribution is -0.125. The molecule has 1 atom stereocenters. The number of benzene rings is 2. The molecule has 4 rings (SSSR count). The number of aromatic nitrogens is 2. The van der Waals surface area contributed by atoms with Crippen LogP contribution in [0.1, 0.15) is 11.4 Å². The Morgan fingerprint density at radius 3 is 2.70 bits per heavy atom. The van der Waals surface area contributed by atoms with E-state index in [1.54, 1.807) is 12.1 Å². The molecule has 2 N–H and O–H groups in total. The highest BCUT2D eigenvalue weighted by atomic mass is 35.5. The van der Waals surface area contributed by atoms with Crippen molar-refractivity contribution >= 4 is 23.2 Å². The van der Waals surface area contributed by atoms with E-state index in [1.165, 1.54) is 0 Å². The summed E-state index contributed by atoms with van der Waals surface area (Å²) < 4.78 is 11.3. The van der Waals surface area contributed by atoms with Crippen LogP contribution in [0.2, 0.25) is 5.02 Å². The van der Waals surface area contributed by atoms with Crippen molar-refractivity contribution < 1.29 is 14.3 Å². The molecule has 1 aliphatic heterocycles. The number of H-pyrrole nitrogens is 1. The fourth-order valence-electron chi connectivity index (χ4n) is 3.11. The number of para-hydroxylation sites is 2. The number of ether oxygens (including phenoxy) is 2. The lowest BCUT2D eigenvalue weighted by Crippen LogP contribution is -2.40. The SMILES string of the molecule is Cc1n[nH]c(C)c1-c1ccc(NC(=O)[C@H]2COc3ccccc3O2)cc1Cl. The summed E-state index contributed by atoms with van der Waals surface area (Å²) in [5.41, 5.74) is 4.24. The van der Waals surface area contributed by atoms with E-state index in [9.17, 15) is 4.79 Å². The van der Waals surface area contributed by atoms with E-state index in [0.29, 0.717) is 22.2 Å². The Morgan fingerprint density at radius 1 is 1.22 bits per heavy atom. The summed E-state index contributed by atoms with van der Waals surface area (Å²) in [5, 5.41) is 10.5. The summed E-state index contributed by atoms with van der Waals surface area (Å²) in [4.78, 5) is 12.5. The predicted octanol–water partition coefficient (Wildman–Crippen LogP) is 4.13. The highest BCUT2D eigenvalue weighted by Crippen LogP contribution is 2.34. The minimum absolute atomic E-state index is 0.155. The van der Waals surface area contributed by atoms with Gasteiger partial charge in [0.1, 0.15) is 6.61 Å². The number of hydrogen-bond donors (Lipinski definition) is 2. The molecule has 1 amide bonds. The fourth-order valence-corrected chi connectivity index (χ4v) is 3.39. The van der Waals surface area contributed by atoms with Crippen molar-refractivity contribution in [3.63, 3.8) is 0 Å². The zero-order valence-electron chi connectivity index (χ0n) is 14.9. The molecular formula is C20H18ClN3O3. The standard InChI is InChI=1S/C20H18ClN3O3/c1-11-19(12(2)24-23-11)14-8-7-13(9-15(14)21)22-20(25)18-10-26-16-5-3-4-6-17(16)27-18/h3-9,18H,10H2,1-2H3,(H,22,25)(H,23,24)/t18-/m1/s1. The molecule has 2 aromatic carbocycles. The van der Waals surface area contributed by atoms with Crippen molar-refractivity contribution in [2.75, 3.05) is 11.9 Å². The van der Waals surface area contributed by atoms with Gasteiger partial charge in [-0.15, -0.1) is 0 Å². The van der Waals surface area contributed by atoms with Gasteiger partial charge in [0.2, 0.25) is 6.10 Å². The second-order valence-corrected chi connectivity index (χ2v) is 6.76. The Hall–Kier alpha value is -2.99. The van der Waals surface area contributed by atoms with Gasteiger partial charge in [0.05, 0.1) is 10.7 Å². The number of halogens is 1. The number of nitrogens with one attached hydrogen (secondary N) is 2. The number of hydrogen-bond acceptors (Lipinski definition) is 4. The van der Waals surface area contributed by atoms with Gasteiger partial charge in [0, 0.05) is 22.5 Å². The molecule has 0 bridgehead atoms. The Labute approximate surface area is 161 Å². The third kappa shape index (κ3) is 3.36. The first-order chi connectivity index (χ1) is 13.0. The molecule has 7 heteroatoms. The van der Waals surface area contributed by atoms with Gasteiger partial charge in [0.15, 0.2) is 11.5 Å². The van der Waals surface area contributed by atoms with Crippen LogP contribution < -0.4 is 14.8 Å². The van der Waals surface area contributed by atoms with Crippen molar-refractivity contribution in [1.82, 2.24) is 10.2 Å². The van der Waals surface area contributed by atoms with Crippen LogP contribution in [0.5, 0.6) is 11.5 Å². The van der Waals surface area contributed by atoms with Crippen molar-refractivity contribution in [3.8, 4) is 22.6 Å². The molecule has 1 aliphatic rings. The maximum absolute atomic E-state index is 12.5. The molecule has 0 saturated heterocycles. The van der Waals surface area contributed by atoms with Crippen molar-refractivity contribution in [3.05, 3.63) is 58.9 Å². The summed E-state index contributed by atoms with van der Waals surface area (Å²) >= 11 is 6.45. The van der Waals surface area contributed by atoms with Gasteiger partial charge >= 0.3 is 0 Å². The van der Waals surface area contributed by atoms with Gasteiger partial charge in [-0.25, -0.2) is 0 Å². The molecule has 3 aromatic rings. The molecule has 6 nitrogen and oxygen atoms in total. The van der Waals surface area contributed by atoms with Crippen LogP contribution in [0.4, 0.5) is 5.69 Å². The van der Waals surface area contributed by atoms with Crippen LogP contribution in [0, 0.1) is 13.8 Å². The van der Waals surface area contributed by atoms with Crippen LogP contribution in [0.15, 0.2) is 42.5 Å². The Bertz CT molecular complexity index is 996. The summed E-state index contributed by atoms with van der Waals surface area (Å²) in [6.45, 7) is 4.02. The molecule has 0 aliphatic carbocycles. The van der Waals surface area contributed by atoms with Gasteiger partial charge < -0.3 is 14.8 Å². The molecule has 0 radical (unpaired) electrons. The average molecular weight is 384 g/mol. The fraction of sp³-hybridized carbons (Fsp3) is 0.200. The number of rotatable bonds is 3. The van der Waals surface area contributed by atoms with Crippen molar-refractivity contribution in [2.24, 2.45) is 0 Å². The number of carbonyl (C=O) groups is 1. The third-order valence-electron chi connectivity index (χ3n) is 4.44. The van der Waals surface area contributed by atoms with E-state index in [0.717, 1.165) is 22.5 Å². The topological polar surface area (TPSA) is 76.2 Å². The Balaban J connectivity index is 1.50. The summed E-state index contributed by atoms with van der Waals surface area (Å²) in [5.74, 6) is 0.909. The largest absolute Gasteiger partial charge is 0.485 e. The van der Waals surface area contributed by atoms with E-state index >= 15 is 0 Å². The first kappa shape index (κ1) is 17.4. The maximum Gasteiger partial charge on any atom is 0.269 e. The zero-order chi connectivity index (χ0) is 19.0. The molecule has 2 heterocycles. The normalized spacial score (nSPS) is 15.4. The monoisotopic (exact) mass is 383 g/mol. The minimum atomic E-state index is -0.725. The van der Waals surface area contributed by atoms with Crippen LogP contribution >= 0.6 is 11.6 Å². The van der Waals surface area contributed by atoms with Crippen LogP contribution in [0.3, 0.4) is 0 Å². The van der Waals surface area contributed by atoms with Crippen LogP contribution in [-0.4, -0.2) is 28.8 Å². The number of carbonyl (C=O) groups excluding carboxylic acids is 1. The van der Waals surface area contributed by atoms with E-state index in [4.69, 9.17) is 21.1 Å². The van der Waals surface area contributed by atoms with Crippen molar-refractivity contribution in [2.45, 2.75) is 20.0 Å². The van der Waals surface area contributed by atoms with Gasteiger partial charge in [-0.3, -0.25) is 9.89 Å². The Kier molecular flexibility index (Phi) is 4.49. The van der Waals surface area contributed by atoms with E-state index < -0.39 is 6.10 Å². The second-order valence-electron chi connectivity index (χ2n) is 6.36. The van der Waals surface area contributed by atoms with Crippen LogP contribution in [0.25, 0.3) is 11.1 Å². The summed E-state index contributed by atoms with van der Waals surface area (Å²) in [6, 6.07) is 12.7.